The average molecular weight is 311 g/mol. The smallest absolute Gasteiger partial charge is 0.323 e. The summed E-state index contributed by atoms with van der Waals surface area (Å²) in [6.07, 6.45) is 1.51. The lowest BCUT2D eigenvalue weighted by Crippen LogP contribution is -2.33. The highest BCUT2D eigenvalue weighted by Gasteiger charge is 2.33. The Balaban J connectivity index is 2.29. The molecule has 1 amide bonds. The summed E-state index contributed by atoms with van der Waals surface area (Å²) < 4.78 is 13.5. The van der Waals surface area contributed by atoms with E-state index in [1.807, 2.05) is 0 Å². The standard InChI is InChI=1S/C13H10FNO3S2/c1-7-2-8(4-9(14)3-7)5-10-12(18)15(6-11(16)17)13(19)20-10/h2-5H,6H2,1H3,(H,16,17)/b10-5-. The van der Waals surface area contributed by atoms with Crippen LogP contribution in [0.5, 0.6) is 0 Å². The van der Waals surface area contributed by atoms with Crippen molar-refractivity contribution >= 4 is 46.3 Å². The lowest BCUT2D eigenvalue weighted by Gasteiger charge is -2.10. The number of rotatable bonds is 3. The number of nitrogens with zero attached hydrogens (tertiary/aromatic N) is 1. The van der Waals surface area contributed by atoms with Crippen LogP contribution in [0.1, 0.15) is 11.1 Å². The third kappa shape index (κ3) is 3.23. The van der Waals surface area contributed by atoms with E-state index in [0.29, 0.717) is 10.5 Å². The molecule has 0 saturated carbocycles. The van der Waals surface area contributed by atoms with Crippen LogP contribution in [0.25, 0.3) is 6.08 Å². The van der Waals surface area contributed by atoms with Gasteiger partial charge in [-0.3, -0.25) is 14.5 Å². The number of carbonyl (C=O) groups excluding carboxylic acids is 1. The zero-order chi connectivity index (χ0) is 14.9. The van der Waals surface area contributed by atoms with Crippen LogP contribution in [-0.2, 0) is 9.59 Å². The first kappa shape index (κ1) is 14.7. The molecule has 20 heavy (non-hydrogen) atoms. The maximum atomic E-state index is 13.3. The van der Waals surface area contributed by atoms with Gasteiger partial charge in [0.15, 0.2) is 0 Å². The molecular weight excluding hydrogens is 301 g/mol. The molecule has 1 aromatic carbocycles. The zero-order valence-electron chi connectivity index (χ0n) is 10.4. The van der Waals surface area contributed by atoms with E-state index in [2.05, 4.69) is 0 Å². The van der Waals surface area contributed by atoms with E-state index in [9.17, 15) is 14.0 Å². The molecule has 0 bridgehead atoms. The lowest BCUT2D eigenvalue weighted by molar-refractivity contribution is -0.140. The van der Waals surface area contributed by atoms with Crippen molar-refractivity contribution in [3.05, 3.63) is 40.0 Å². The van der Waals surface area contributed by atoms with E-state index in [1.54, 1.807) is 13.0 Å². The maximum Gasteiger partial charge on any atom is 0.323 e. The first-order valence-electron chi connectivity index (χ1n) is 5.61. The number of thiocarbonyl (C=S) groups is 1. The van der Waals surface area contributed by atoms with E-state index in [0.717, 1.165) is 22.2 Å². The average Bonchev–Trinajstić information content (AvgIpc) is 2.55. The number of carboxylic acid groups (broad SMARTS) is 1. The minimum absolute atomic E-state index is 0.191. The van der Waals surface area contributed by atoms with Gasteiger partial charge in [-0.2, -0.15) is 0 Å². The van der Waals surface area contributed by atoms with E-state index in [4.69, 9.17) is 17.3 Å². The van der Waals surface area contributed by atoms with Gasteiger partial charge >= 0.3 is 5.97 Å². The second-order valence-electron chi connectivity index (χ2n) is 4.22. The van der Waals surface area contributed by atoms with E-state index >= 15 is 0 Å². The topological polar surface area (TPSA) is 57.6 Å². The van der Waals surface area contributed by atoms with Crippen molar-refractivity contribution < 1.29 is 19.1 Å². The minimum atomic E-state index is -1.14. The van der Waals surface area contributed by atoms with Gasteiger partial charge in [-0.25, -0.2) is 4.39 Å². The molecule has 0 aliphatic carbocycles. The minimum Gasteiger partial charge on any atom is -0.480 e. The van der Waals surface area contributed by atoms with Gasteiger partial charge in [-0.15, -0.1) is 0 Å². The fraction of sp³-hybridized carbons (Fsp3) is 0.154. The number of aryl methyl sites for hydroxylation is 1. The van der Waals surface area contributed by atoms with Crippen molar-refractivity contribution in [1.82, 2.24) is 4.90 Å². The van der Waals surface area contributed by atoms with Crippen molar-refractivity contribution in [2.45, 2.75) is 6.92 Å². The molecule has 4 nitrogen and oxygen atoms in total. The summed E-state index contributed by atoms with van der Waals surface area (Å²) in [6, 6.07) is 4.41. The molecule has 1 N–H and O–H groups in total. The Morgan fingerprint density at radius 3 is 2.80 bits per heavy atom. The molecule has 1 aromatic rings. The van der Waals surface area contributed by atoms with Gasteiger partial charge in [0, 0.05) is 0 Å². The zero-order valence-corrected chi connectivity index (χ0v) is 12.1. The first-order valence-corrected chi connectivity index (χ1v) is 6.83. The number of halogens is 1. The number of carbonyl (C=O) groups is 2. The molecule has 1 saturated heterocycles. The molecule has 7 heteroatoms. The molecule has 0 unspecified atom stereocenters. The van der Waals surface area contributed by atoms with Gasteiger partial charge in [0.25, 0.3) is 5.91 Å². The Bertz CT molecular complexity index is 622. The highest BCUT2D eigenvalue weighted by molar-refractivity contribution is 8.26. The van der Waals surface area contributed by atoms with Crippen LogP contribution >= 0.6 is 24.0 Å². The lowest BCUT2D eigenvalue weighted by atomic mass is 10.1. The van der Waals surface area contributed by atoms with Crippen molar-refractivity contribution in [1.29, 1.82) is 0 Å². The largest absolute Gasteiger partial charge is 0.480 e. The van der Waals surface area contributed by atoms with Gasteiger partial charge in [-0.1, -0.05) is 30.0 Å². The van der Waals surface area contributed by atoms with Crippen LogP contribution in [0, 0.1) is 12.7 Å². The summed E-state index contributed by atoms with van der Waals surface area (Å²) >= 11 is 5.98. The van der Waals surface area contributed by atoms with Crippen LogP contribution < -0.4 is 0 Å². The molecule has 0 atom stereocenters. The number of benzene rings is 1. The third-order valence-corrected chi connectivity index (χ3v) is 3.91. The summed E-state index contributed by atoms with van der Waals surface area (Å²) in [4.78, 5) is 24.0. The molecule has 0 radical (unpaired) electrons. The van der Waals surface area contributed by atoms with Crippen molar-refractivity contribution in [2.75, 3.05) is 6.54 Å². The van der Waals surface area contributed by atoms with Gasteiger partial charge in [0.05, 0.1) is 4.91 Å². The number of hydrogen-bond donors (Lipinski definition) is 1. The van der Waals surface area contributed by atoms with Crippen LogP contribution in [0.4, 0.5) is 4.39 Å². The second kappa shape index (κ2) is 5.72. The molecule has 1 aliphatic rings. The number of hydrogen-bond acceptors (Lipinski definition) is 4. The van der Waals surface area contributed by atoms with Crippen LogP contribution in [0.15, 0.2) is 23.1 Å². The fourth-order valence-corrected chi connectivity index (χ4v) is 3.03. The maximum absolute atomic E-state index is 13.3. The summed E-state index contributed by atoms with van der Waals surface area (Å²) in [5, 5.41) is 8.73. The summed E-state index contributed by atoms with van der Waals surface area (Å²) in [7, 11) is 0. The number of carboxylic acids is 1. The molecule has 2 rings (SSSR count). The summed E-state index contributed by atoms with van der Waals surface area (Å²) in [6.45, 7) is 1.28. The number of aliphatic carboxylic acids is 1. The molecule has 1 fully saturated rings. The van der Waals surface area contributed by atoms with E-state index in [1.165, 1.54) is 18.2 Å². The SMILES string of the molecule is Cc1cc(F)cc(/C=C2\SC(=S)N(CC(=O)O)C2=O)c1. The highest BCUT2D eigenvalue weighted by atomic mass is 32.2. The Morgan fingerprint density at radius 1 is 1.50 bits per heavy atom. The first-order chi connectivity index (χ1) is 9.36. The Hall–Kier alpha value is -1.73. The molecule has 104 valence electrons. The van der Waals surface area contributed by atoms with Gasteiger partial charge < -0.3 is 5.11 Å². The van der Waals surface area contributed by atoms with Crippen molar-refractivity contribution in [3.8, 4) is 0 Å². The Labute approximate surface area is 124 Å². The quantitative estimate of drug-likeness (QED) is 0.686. The predicted octanol–water partition coefficient (Wildman–Crippen LogP) is 2.42. The number of amides is 1. The van der Waals surface area contributed by atoms with Gasteiger partial charge in [-0.05, 0) is 36.3 Å². The molecule has 0 spiro atoms. The normalized spacial score (nSPS) is 17.1. The van der Waals surface area contributed by atoms with Crippen LogP contribution in [-0.4, -0.2) is 32.7 Å². The van der Waals surface area contributed by atoms with Gasteiger partial charge in [0.2, 0.25) is 0 Å². The van der Waals surface area contributed by atoms with Gasteiger partial charge in [0.1, 0.15) is 16.7 Å². The summed E-state index contributed by atoms with van der Waals surface area (Å²) in [5.41, 5.74) is 1.27. The summed E-state index contributed by atoms with van der Waals surface area (Å²) in [5.74, 6) is -1.99. The number of thioether (sulfide) groups is 1. The van der Waals surface area contributed by atoms with Crippen LogP contribution in [0.2, 0.25) is 0 Å². The second-order valence-corrected chi connectivity index (χ2v) is 5.90. The van der Waals surface area contributed by atoms with Crippen molar-refractivity contribution in [2.24, 2.45) is 0 Å². The van der Waals surface area contributed by atoms with Crippen LogP contribution in [0.3, 0.4) is 0 Å². The van der Waals surface area contributed by atoms with E-state index < -0.39 is 24.2 Å². The Morgan fingerprint density at radius 2 is 2.20 bits per heavy atom. The predicted molar refractivity (Wildman–Crippen MR) is 78.7 cm³/mol. The van der Waals surface area contributed by atoms with Crippen molar-refractivity contribution in [3.63, 3.8) is 0 Å². The third-order valence-electron chi connectivity index (χ3n) is 2.53. The molecular formula is C13H10FNO3S2. The molecule has 1 aliphatic heterocycles. The van der Waals surface area contributed by atoms with E-state index in [-0.39, 0.29) is 4.32 Å². The molecule has 1 heterocycles. The fourth-order valence-electron chi connectivity index (χ4n) is 1.77. The molecule has 0 aromatic heterocycles. The monoisotopic (exact) mass is 311 g/mol. The highest BCUT2D eigenvalue weighted by Crippen LogP contribution is 2.32. The Kier molecular flexibility index (Phi) is 4.20.